The Kier molecular flexibility index (Phi) is 7.46. The van der Waals surface area contributed by atoms with E-state index in [2.05, 4.69) is 25.5 Å². The molecule has 2 aromatic heterocycles. The lowest BCUT2D eigenvalue weighted by molar-refractivity contribution is 0.0815. The molecule has 0 amide bonds. The van der Waals surface area contributed by atoms with E-state index in [1.807, 2.05) is 4.72 Å². The van der Waals surface area contributed by atoms with E-state index in [9.17, 15) is 21.6 Å². The molecular weight excluding hydrogens is 513 g/mol. The molecule has 194 valence electrons. The SMILES string of the molecule is [2H]c1c(-c2ccc(NS(=O)(=O)C(F)F)c(OC(COC)c3ccc(F)cc3)c2)n[nH]c1Nc1cnccn1. The van der Waals surface area contributed by atoms with Gasteiger partial charge in [-0.05, 0) is 29.8 Å². The van der Waals surface area contributed by atoms with Crippen LogP contribution in [0.4, 0.5) is 30.5 Å². The van der Waals surface area contributed by atoms with Crippen LogP contribution < -0.4 is 14.8 Å². The van der Waals surface area contributed by atoms with Gasteiger partial charge in [0.2, 0.25) is 0 Å². The Labute approximate surface area is 211 Å². The molecule has 1 unspecified atom stereocenters. The number of hydrogen-bond acceptors (Lipinski definition) is 8. The van der Waals surface area contributed by atoms with Crippen LogP contribution in [0.25, 0.3) is 11.3 Å². The van der Waals surface area contributed by atoms with Gasteiger partial charge in [-0.3, -0.25) is 14.8 Å². The Morgan fingerprint density at radius 3 is 2.62 bits per heavy atom. The number of sulfonamides is 1. The number of aromatic amines is 1. The van der Waals surface area contributed by atoms with E-state index < -0.39 is 27.7 Å². The second kappa shape index (κ2) is 11.3. The number of methoxy groups -OCH3 is 1. The summed E-state index contributed by atoms with van der Waals surface area (Å²) in [5.41, 5.74) is 0.660. The molecule has 37 heavy (non-hydrogen) atoms. The average molecular weight is 536 g/mol. The molecule has 2 aromatic carbocycles. The molecule has 0 saturated carbocycles. The summed E-state index contributed by atoms with van der Waals surface area (Å²) in [5, 5.41) is 9.69. The summed E-state index contributed by atoms with van der Waals surface area (Å²) in [7, 11) is -3.63. The Balaban J connectivity index is 1.72. The van der Waals surface area contributed by atoms with Gasteiger partial charge in [0.05, 0.1) is 25.6 Å². The zero-order chi connectivity index (χ0) is 27.3. The van der Waals surface area contributed by atoms with Crippen molar-refractivity contribution < 1.29 is 32.4 Å². The number of aromatic nitrogens is 4. The van der Waals surface area contributed by atoms with Gasteiger partial charge in [0.1, 0.15) is 29.3 Å². The molecule has 0 fully saturated rings. The molecule has 4 aromatic rings. The van der Waals surface area contributed by atoms with Crippen molar-refractivity contribution in [1.82, 2.24) is 20.2 Å². The zero-order valence-corrected chi connectivity index (χ0v) is 20.0. The molecule has 10 nitrogen and oxygen atoms in total. The molecule has 0 aliphatic heterocycles. The number of hydrogen-bond donors (Lipinski definition) is 3. The standard InChI is InChI=1S/C23H21F3N6O4S/c1-35-13-20(14-2-5-16(24)6-3-14)36-19-10-15(4-7-17(19)32-37(33,34)23(25)26)18-11-21(31-30-18)29-22-12-27-8-9-28-22/h2-12,20,23,32H,13H2,1H3,(H2,28,29,30,31)/i11D. The number of rotatable bonds is 11. The highest BCUT2D eigenvalue weighted by atomic mass is 32.2. The Hall–Kier alpha value is -4.17. The fraction of sp³-hybridized carbons (Fsp3) is 0.174. The van der Waals surface area contributed by atoms with Crippen molar-refractivity contribution in [2.24, 2.45) is 0 Å². The van der Waals surface area contributed by atoms with Crippen LogP contribution in [0, 0.1) is 5.82 Å². The van der Waals surface area contributed by atoms with E-state index >= 15 is 0 Å². The first kappa shape index (κ1) is 24.5. The first-order valence-corrected chi connectivity index (χ1v) is 12.2. The molecule has 0 aliphatic carbocycles. The normalized spacial score (nSPS) is 12.7. The molecule has 3 N–H and O–H groups in total. The molecule has 14 heteroatoms. The number of nitrogens with one attached hydrogen (secondary N) is 3. The van der Waals surface area contributed by atoms with Gasteiger partial charge in [-0.2, -0.15) is 13.9 Å². The molecule has 0 spiro atoms. The summed E-state index contributed by atoms with van der Waals surface area (Å²) < 4.78 is 84.9. The zero-order valence-electron chi connectivity index (χ0n) is 20.2. The van der Waals surface area contributed by atoms with Crippen LogP contribution in [0.15, 0.2) is 67.1 Å². The minimum atomic E-state index is -5.03. The summed E-state index contributed by atoms with van der Waals surface area (Å²) in [5.74, 6) is -3.76. The molecule has 0 aliphatic rings. The van der Waals surface area contributed by atoms with Gasteiger partial charge in [0.15, 0.2) is 0 Å². The Bertz CT molecular complexity index is 1490. The number of alkyl halides is 2. The highest BCUT2D eigenvalue weighted by molar-refractivity contribution is 7.93. The maximum Gasteiger partial charge on any atom is 0.355 e. The second-order valence-corrected chi connectivity index (χ2v) is 9.17. The second-order valence-electron chi connectivity index (χ2n) is 7.52. The third kappa shape index (κ3) is 6.54. The first-order chi connectivity index (χ1) is 18.2. The summed E-state index contributed by atoms with van der Waals surface area (Å²) in [6, 6.07) is 9.20. The van der Waals surface area contributed by atoms with E-state index in [0.29, 0.717) is 16.9 Å². The van der Waals surface area contributed by atoms with E-state index in [0.717, 1.165) is 0 Å². The monoisotopic (exact) mass is 535 g/mol. The maximum atomic E-state index is 13.4. The summed E-state index contributed by atoms with van der Waals surface area (Å²) >= 11 is 0. The lowest BCUT2D eigenvalue weighted by Gasteiger charge is -2.22. The van der Waals surface area contributed by atoms with Crippen molar-refractivity contribution in [2.75, 3.05) is 23.8 Å². The van der Waals surface area contributed by atoms with Gasteiger partial charge in [0, 0.05) is 31.1 Å². The molecule has 0 saturated heterocycles. The van der Waals surface area contributed by atoms with Crippen LogP contribution in [-0.4, -0.2) is 48.1 Å². The number of ether oxygens (including phenoxy) is 2. The lowest BCUT2D eigenvalue weighted by atomic mass is 10.1. The Morgan fingerprint density at radius 2 is 1.95 bits per heavy atom. The average Bonchev–Trinajstić information content (AvgIpc) is 3.25. The fourth-order valence-corrected chi connectivity index (χ4v) is 3.77. The number of nitrogens with zero attached hydrogens (tertiary/aromatic N) is 3. The van der Waals surface area contributed by atoms with Gasteiger partial charge >= 0.3 is 5.76 Å². The van der Waals surface area contributed by atoms with Crippen molar-refractivity contribution in [1.29, 1.82) is 0 Å². The van der Waals surface area contributed by atoms with Crippen LogP contribution in [0.3, 0.4) is 0 Å². The number of benzene rings is 2. The van der Waals surface area contributed by atoms with E-state index in [-0.39, 0.29) is 35.6 Å². The van der Waals surface area contributed by atoms with Gasteiger partial charge < -0.3 is 14.8 Å². The molecule has 0 radical (unpaired) electrons. The van der Waals surface area contributed by atoms with Gasteiger partial charge in [0.25, 0.3) is 10.0 Å². The molecule has 0 bridgehead atoms. The largest absolute Gasteiger partial charge is 0.481 e. The van der Waals surface area contributed by atoms with Crippen LogP contribution in [-0.2, 0) is 14.8 Å². The lowest BCUT2D eigenvalue weighted by Crippen LogP contribution is -2.21. The summed E-state index contributed by atoms with van der Waals surface area (Å²) in [4.78, 5) is 8.00. The minimum absolute atomic E-state index is 0.0326. The van der Waals surface area contributed by atoms with Crippen LogP contribution in [0.1, 0.15) is 13.0 Å². The van der Waals surface area contributed by atoms with Crippen LogP contribution in [0.5, 0.6) is 5.75 Å². The number of anilines is 3. The number of H-pyrrole nitrogens is 1. The maximum absolute atomic E-state index is 13.4. The first-order valence-electron chi connectivity index (χ1n) is 11.1. The summed E-state index contributed by atoms with van der Waals surface area (Å²) in [6.07, 6.45) is 3.53. The van der Waals surface area contributed by atoms with Crippen molar-refractivity contribution in [3.05, 3.63) is 78.5 Å². The highest BCUT2D eigenvalue weighted by Gasteiger charge is 2.26. The molecule has 2 heterocycles. The molecule has 4 rings (SSSR count). The third-order valence-electron chi connectivity index (χ3n) is 4.91. The smallest absolute Gasteiger partial charge is 0.355 e. The van der Waals surface area contributed by atoms with Crippen LogP contribution in [0.2, 0.25) is 0 Å². The molecule has 1 atom stereocenters. The van der Waals surface area contributed by atoms with Gasteiger partial charge in [-0.1, -0.05) is 18.2 Å². The highest BCUT2D eigenvalue weighted by Crippen LogP contribution is 2.35. The topological polar surface area (TPSA) is 131 Å². The van der Waals surface area contributed by atoms with E-state index in [1.165, 1.54) is 68.2 Å². The van der Waals surface area contributed by atoms with Crippen LogP contribution >= 0.6 is 0 Å². The van der Waals surface area contributed by atoms with Gasteiger partial charge in [-0.15, -0.1) is 0 Å². The predicted molar refractivity (Wildman–Crippen MR) is 130 cm³/mol. The van der Waals surface area contributed by atoms with E-state index in [1.54, 1.807) is 0 Å². The van der Waals surface area contributed by atoms with Crippen molar-refractivity contribution in [3.8, 4) is 17.0 Å². The summed E-state index contributed by atoms with van der Waals surface area (Å²) in [6.45, 7) is -0.0326. The van der Waals surface area contributed by atoms with Crippen molar-refractivity contribution in [2.45, 2.75) is 11.9 Å². The van der Waals surface area contributed by atoms with Crippen molar-refractivity contribution in [3.63, 3.8) is 0 Å². The molecular formula is C23H21F3N6O4S. The Morgan fingerprint density at radius 1 is 1.16 bits per heavy atom. The van der Waals surface area contributed by atoms with Gasteiger partial charge in [-0.25, -0.2) is 17.8 Å². The quantitative estimate of drug-likeness (QED) is 0.256. The van der Waals surface area contributed by atoms with Crippen molar-refractivity contribution >= 4 is 27.3 Å². The van der Waals surface area contributed by atoms with E-state index in [4.69, 9.17) is 10.8 Å². The fourth-order valence-electron chi connectivity index (χ4n) is 3.20. The minimum Gasteiger partial charge on any atom is -0.481 e. The number of halogens is 3. The third-order valence-corrected chi connectivity index (χ3v) is 5.88. The predicted octanol–water partition coefficient (Wildman–Crippen LogP) is 4.48.